The smallest absolute Gasteiger partial charge is 0.269 e. The third kappa shape index (κ3) is 4.93. The Kier molecular flexibility index (Phi) is 6.16. The van der Waals surface area contributed by atoms with E-state index in [1.807, 2.05) is 45.9 Å². The molecule has 3 aromatic rings. The summed E-state index contributed by atoms with van der Waals surface area (Å²) in [6.07, 6.45) is 0.131. The number of carbonyl (C=O) groups excluding carboxylic acids is 2. The predicted octanol–water partition coefficient (Wildman–Crippen LogP) is 3.21. The molecular formula is C22H26N4O3. The van der Waals surface area contributed by atoms with Crippen molar-refractivity contribution in [3.63, 3.8) is 0 Å². The minimum atomic E-state index is -0.390. The number of nitrogens with zero attached hydrogens (tertiary/aromatic N) is 2. The zero-order valence-corrected chi connectivity index (χ0v) is 17.2. The first-order valence-electron chi connectivity index (χ1n) is 9.64. The summed E-state index contributed by atoms with van der Waals surface area (Å²) in [4.78, 5) is 28.8. The van der Waals surface area contributed by atoms with Gasteiger partial charge in [-0.2, -0.15) is 0 Å². The van der Waals surface area contributed by atoms with Gasteiger partial charge in [0.1, 0.15) is 11.6 Å². The van der Waals surface area contributed by atoms with Crippen LogP contribution in [0.3, 0.4) is 0 Å². The monoisotopic (exact) mass is 394 g/mol. The summed E-state index contributed by atoms with van der Waals surface area (Å²) >= 11 is 0. The number of hydrogen-bond acceptors (Lipinski definition) is 4. The third-order valence-corrected chi connectivity index (χ3v) is 4.63. The summed E-state index contributed by atoms with van der Waals surface area (Å²) in [7, 11) is 0. The Bertz CT molecular complexity index is 1040. The van der Waals surface area contributed by atoms with Gasteiger partial charge in [-0.05, 0) is 69.2 Å². The zero-order chi connectivity index (χ0) is 21.0. The van der Waals surface area contributed by atoms with Crippen molar-refractivity contribution in [3.05, 3.63) is 58.9 Å². The average Bonchev–Trinajstić information content (AvgIpc) is 2.99. The second-order valence-corrected chi connectivity index (χ2v) is 7.03. The summed E-state index contributed by atoms with van der Waals surface area (Å²) in [5.74, 6) is 0.917. The number of aryl methyl sites for hydroxylation is 4. The summed E-state index contributed by atoms with van der Waals surface area (Å²) in [5.41, 5.74) is 9.24. The van der Waals surface area contributed by atoms with Gasteiger partial charge in [0.25, 0.3) is 5.91 Å². The van der Waals surface area contributed by atoms with E-state index in [4.69, 9.17) is 4.74 Å². The van der Waals surface area contributed by atoms with Crippen molar-refractivity contribution in [1.29, 1.82) is 0 Å². The molecule has 2 amide bonds. The Morgan fingerprint density at radius 1 is 1.03 bits per heavy atom. The second kappa shape index (κ2) is 8.77. The molecule has 1 aromatic heterocycles. The van der Waals surface area contributed by atoms with Crippen LogP contribution in [-0.2, 0) is 11.3 Å². The van der Waals surface area contributed by atoms with Gasteiger partial charge in [-0.25, -0.2) is 4.98 Å². The maximum Gasteiger partial charge on any atom is 0.269 e. The first-order chi connectivity index (χ1) is 13.9. The van der Waals surface area contributed by atoms with E-state index in [9.17, 15) is 9.59 Å². The second-order valence-electron chi connectivity index (χ2n) is 7.03. The van der Waals surface area contributed by atoms with E-state index in [1.165, 1.54) is 0 Å². The number of imidazole rings is 1. The van der Waals surface area contributed by atoms with Crippen LogP contribution in [-0.4, -0.2) is 28.0 Å². The molecule has 0 radical (unpaired) electrons. The molecule has 7 nitrogen and oxygen atoms in total. The standard InChI is InChI=1S/C22H26N4O3/c1-5-26-16(4)23-19-13-17(6-7-20(19)26)22(28)25-24-21(27)8-9-29-18-11-14(2)10-15(3)12-18/h6-7,10-13H,5,8-9H2,1-4H3,(H,24,27)(H,25,28). The molecule has 2 N–H and O–H groups in total. The number of nitrogens with one attached hydrogen (secondary N) is 2. The van der Waals surface area contributed by atoms with Crippen molar-refractivity contribution >= 4 is 22.8 Å². The first-order valence-corrected chi connectivity index (χ1v) is 9.64. The van der Waals surface area contributed by atoms with E-state index in [-0.39, 0.29) is 24.8 Å². The Morgan fingerprint density at radius 3 is 2.45 bits per heavy atom. The van der Waals surface area contributed by atoms with Crippen molar-refractivity contribution in [2.75, 3.05) is 6.61 Å². The SMILES string of the molecule is CCn1c(C)nc2cc(C(=O)NNC(=O)CCOc3cc(C)cc(C)c3)ccc21. The van der Waals surface area contributed by atoms with Gasteiger partial charge in [-0.15, -0.1) is 0 Å². The number of ether oxygens (including phenoxy) is 1. The summed E-state index contributed by atoms with van der Waals surface area (Å²) < 4.78 is 7.70. The number of carbonyl (C=O) groups is 2. The van der Waals surface area contributed by atoms with Crippen molar-refractivity contribution in [3.8, 4) is 5.75 Å². The molecule has 29 heavy (non-hydrogen) atoms. The molecule has 0 unspecified atom stereocenters. The molecule has 152 valence electrons. The fourth-order valence-electron chi connectivity index (χ4n) is 3.33. The van der Waals surface area contributed by atoms with Gasteiger partial charge in [0, 0.05) is 12.1 Å². The van der Waals surface area contributed by atoms with Crippen LogP contribution in [0.4, 0.5) is 0 Å². The van der Waals surface area contributed by atoms with Gasteiger partial charge in [-0.3, -0.25) is 20.4 Å². The highest BCUT2D eigenvalue weighted by atomic mass is 16.5. The van der Waals surface area contributed by atoms with E-state index in [1.54, 1.807) is 12.1 Å². The van der Waals surface area contributed by atoms with Gasteiger partial charge < -0.3 is 9.30 Å². The maximum absolute atomic E-state index is 12.3. The van der Waals surface area contributed by atoms with E-state index in [0.29, 0.717) is 5.56 Å². The van der Waals surface area contributed by atoms with Crippen LogP contribution in [0, 0.1) is 20.8 Å². The summed E-state index contributed by atoms with van der Waals surface area (Å²) in [5, 5.41) is 0. The molecule has 7 heteroatoms. The van der Waals surface area contributed by atoms with Gasteiger partial charge in [-0.1, -0.05) is 6.07 Å². The third-order valence-electron chi connectivity index (χ3n) is 4.63. The van der Waals surface area contributed by atoms with Crippen LogP contribution in [0.15, 0.2) is 36.4 Å². The number of fused-ring (bicyclic) bond motifs is 1. The lowest BCUT2D eigenvalue weighted by molar-refractivity contribution is -0.122. The molecule has 0 saturated heterocycles. The van der Waals surface area contributed by atoms with Crippen molar-refractivity contribution in [2.45, 2.75) is 40.7 Å². The highest BCUT2D eigenvalue weighted by molar-refractivity contribution is 5.98. The van der Waals surface area contributed by atoms with Crippen molar-refractivity contribution in [2.24, 2.45) is 0 Å². The largest absolute Gasteiger partial charge is 0.493 e. The lowest BCUT2D eigenvalue weighted by Gasteiger charge is -2.10. The van der Waals surface area contributed by atoms with Gasteiger partial charge in [0.2, 0.25) is 5.91 Å². The van der Waals surface area contributed by atoms with Gasteiger partial charge in [0.05, 0.1) is 24.1 Å². The predicted molar refractivity (Wildman–Crippen MR) is 112 cm³/mol. The molecule has 3 rings (SSSR count). The van der Waals surface area contributed by atoms with E-state index < -0.39 is 0 Å². The Balaban J connectivity index is 1.50. The number of amides is 2. The number of aromatic nitrogens is 2. The molecule has 0 aliphatic carbocycles. The van der Waals surface area contributed by atoms with Crippen LogP contribution >= 0.6 is 0 Å². The average molecular weight is 394 g/mol. The van der Waals surface area contributed by atoms with Crippen molar-refractivity contribution in [1.82, 2.24) is 20.4 Å². The van der Waals surface area contributed by atoms with Gasteiger partial charge >= 0.3 is 0 Å². The number of rotatable bonds is 6. The molecule has 2 aromatic carbocycles. The molecule has 1 heterocycles. The number of benzene rings is 2. The first kappa shape index (κ1) is 20.4. The number of hydrazine groups is 1. The van der Waals surface area contributed by atoms with E-state index >= 15 is 0 Å². The quantitative estimate of drug-likeness (QED) is 0.629. The van der Waals surface area contributed by atoms with Gasteiger partial charge in [0.15, 0.2) is 0 Å². The zero-order valence-electron chi connectivity index (χ0n) is 17.2. The Hall–Kier alpha value is -3.35. The molecule has 0 bridgehead atoms. The minimum Gasteiger partial charge on any atom is -0.493 e. The van der Waals surface area contributed by atoms with Crippen LogP contribution in [0.1, 0.15) is 40.7 Å². The Morgan fingerprint density at radius 2 is 1.76 bits per heavy atom. The van der Waals surface area contributed by atoms with Crippen molar-refractivity contribution < 1.29 is 14.3 Å². The fraction of sp³-hybridized carbons (Fsp3) is 0.318. The van der Waals surface area contributed by atoms with E-state index in [2.05, 4.69) is 26.5 Å². The Labute approximate surface area is 170 Å². The molecule has 0 atom stereocenters. The molecule has 0 spiro atoms. The van der Waals surface area contributed by atoms with Crippen LogP contribution in [0.25, 0.3) is 11.0 Å². The molecule has 0 aliphatic rings. The summed E-state index contributed by atoms with van der Waals surface area (Å²) in [6, 6.07) is 11.2. The highest BCUT2D eigenvalue weighted by Crippen LogP contribution is 2.18. The highest BCUT2D eigenvalue weighted by Gasteiger charge is 2.12. The fourth-order valence-corrected chi connectivity index (χ4v) is 3.33. The maximum atomic E-state index is 12.3. The lowest BCUT2D eigenvalue weighted by atomic mass is 10.1. The minimum absolute atomic E-state index is 0.131. The summed E-state index contributed by atoms with van der Waals surface area (Å²) in [6.45, 7) is 9.01. The molecular weight excluding hydrogens is 368 g/mol. The lowest BCUT2D eigenvalue weighted by Crippen LogP contribution is -2.42. The van der Waals surface area contributed by atoms with Crippen LogP contribution in [0.2, 0.25) is 0 Å². The van der Waals surface area contributed by atoms with Crippen LogP contribution in [0.5, 0.6) is 5.75 Å². The molecule has 0 saturated carbocycles. The molecule has 0 aliphatic heterocycles. The topological polar surface area (TPSA) is 85.3 Å². The normalized spacial score (nSPS) is 10.8. The van der Waals surface area contributed by atoms with Crippen LogP contribution < -0.4 is 15.6 Å². The number of hydrogen-bond donors (Lipinski definition) is 2. The molecule has 0 fully saturated rings. The van der Waals surface area contributed by atoms with E-state index in [0.717, 1.165) is 40.3 Å².